The van der Waals surface area contributed by atoms with Crippen molar-refractivity contribution in [1.82, 2.24) is 9.97 Å². The van der Waals surface area contributed by atoms with Crippen molar-refractivity contribution in [3.05, 3.63) is 49.9 Å². The Morgan fingerprint density at radius 3 is 3.00 bits per heavy atom. The van der Waals surface area contributed by atoms with Crippen molar-refractivity contribution in [3.8, 4) is 5.75 Å². The second kappa shape index (κ2) is 6.60. The quantitative estimate of drug-likeness (QED) is 0.812. The third-order valence-electron chi connectivity index (χ3n) is 3.33. The molecule has 0 aliphatic carbocycles. The molecule has 8 heteroatoms. The maximum absolute atomic E-state index is 11.5. The van der Waals surface area contributed by atoms with Gasteiger partial charge in [-0.05, 0) is 31.9 Å². The van der Waals surface area contributed by atoms with Gasteiger partial charge in [0.1, 0.15) is 10.8 Å². The van der Waals surface area contributed by atoms with Crippen LogP contribution in [0.25, 0.3) is 0 Å². The van der Waals surface area contributed by atoms with E-state index in [1.54, 1.807) is 13.0 Å². The van der Waals surface area contributed by atoms with Crippen molar-refractivity contribution in [2.45, 2.75) is 19.8 Å². The van der Waals surface area contributed by atoms with Crippen LogP contribution in [-0.4, -0.2) is 22.3 Å². The van der Waals surface area contributed by atoms with Crippen LogP contribution in [0.15, 0.2) is 28.1 Å². The fraction of sp³-hybridized carbons (Fsp3) is 0.267. The highest BCUT2D eigenvalue weighted by molar-refractivity contribution is 6.43. The molecule has 2 N–H and O–H groups in total. The van der Waals surface area contributed by atoms with Gasteiger partial charge in [0.05, 0.1) is 17.3 Å². The largest absolute Gasteiger partial charge is 0.491 e. The zero-order chi connectivity index (χ0) is 16.4. The van der Waals surface area contributed by atoms with Crippen LogP contribution in [0.2, 0.25) is 10.0 Å². The smallest absolute Gasteiger partial charge is 0.252 e. The third kappa shape index (κ3) is 3.48. The molecule has 1 aromatic carbocycles. The molecule has 0 saturated carbocycles. The highest BCUT2D eigenvalue weighted by Gasteiger charge is 2.20. The minimum absolute atomic E-state index is 0.236. The number of halogens is 2. The number of hydrogen-bond donors (Lipinski definition) is 2. The lowest BCUT2D eigenvalue weighted by Crippen LogP contribution is -2.12. The molecule has 2 heterocycles. The Kier molecular flexibility index (Phi) is 4.54. The molecule has 120 valence electrons. The predicted molar refractivity (Wildman–Crippen MR) is 90.9 cm³/mol. The number of aromatic amines is 1. The number of aromatic nitrogens is 2. The third-order valence-corrected chi connectivity index (χ3v) is 4.12. The van der Waals surface area contributed by atoms with Gasteiger partial charge in [-0.1, -0.05) is 23.2 Å². The van der Waals surface area contributed by atoms with Crippen LogP contribution < -0.4 is 15.7 Å². The Morgan fingerprint density at radius 1 is 1.39 bits per heavy atom. The molecule has 0 bridgehead atoms. The molecular weight excluding hydrogens is 339 g/mol. The zero-order valence-corrected chi connectivity index (χ0v) is 13.8. The van der Waals surface area contributed by atoms with Crippen LogP contribution >= 0.6 is 23.2 Å². The summed E-state index contributed by atoms with van der Waals surface area (Å²) in [5, 5.41) is 5.17. The number of anilines is 1. The number of hydrogen-bond acceptors (Lipinski definition) is 5. The van der Waals surface area contributed by atoms with Crippen LogP contribution in [0.1, 0.15) is 24.1 Å². The number of ether oxygens (including phenoxy) is 1. The molecule has 0 saturated heterocycles. The van der Waals surface area contributed by atoms with Gasteiger partial charge >= 0.3 is 0 Å². The Labute approximate surface area is 142 Å². The SMILES string of the molecule is Cc1cc(=O)[nH]c(N/N=C2\CCCOc3c2ccc(Cl)c3Cl)n1. The van der Waals surface area contributed by atoms with Gasteiger partial charge in [-0.15, -0.1) is 0 Å². The van der Waals surface area contributed by atoms with E-state index in [4.69, 9.17) is 27.9 Å². The monoisotopic (exact) mass is 352 g/mol. The van der Waals surface area contributed by atoms with Crippen LogP contribution in [0, 0.1) is 6.92 Å². The second-order valence-corrected chi connectivity index (χ2v) is 5.88. The van der Waals surface area contributed by atoms with Crippen LogP contribution in [-0.2, 0) is 0 Å². The van der Waals surface area contributed by atoms with Gasteiger partial charge in [-0.3, -0.25) is 9.78 Å². The Bertz CT molecular complexity index is 833. The Hall–Kier alpha value is -2.05. The fourth-order valence-electron chi connectivity index (χ4n) is 2.32. The number of rotatable bonds is 2. The molecule has 0 atom stereocenters. The summed E-state index contributed by atoms with van der Waals surface area (Å²) < 4.78 is 5.68. The fourth-order valence-corrected chi connectivity index (χ4v) is 2.69. The molecular formula is C15H14Cl2N4O2. The lowest BCUT2D eigenvalue weighted by Gasteiger charge is -2.11. The summed E-state index contributed by atoms with van der Waals surface area (Å²) in [5.74, 6) is 0.817. The number of hydrazone groups is 1. The van der Waals surface area contributed by atoms with Gasteiger partial charge in [0, 0.05) is 17.3 Å². The summed E-state index contributed by atoms with van der Waals surface area (Å²) in [5.41, 5.74) is 4.70. The molecule has 6 nitrogen and oxygen atoms in total. The number of nitrogens with one attached hydrogen (secondary N) is 2. The van der Waals surface area contributed by atoms with Crippen LogP contribution in [0.4, 0.5) is 5.95 Å². The summed E-state index contributed by atoms with van der Waals surface area (Å²) in [6, 6.07) is 4.94. The summed E-state index contributed by atoms with van der Waals surface area (Å²) in [6.07, 6.45) is 1.49. The van der Waals surface area contributed by atoms with E-state index in [1.165, 1.54) is 6.07 Å². The molecule has 0 unspecified atom stereocenters. The van der Waals surface area contributed by atoms with Crippen LogP contribution in [0.3, 0.4) is 0 Å². The first-order valence-electron chi connectivity index (χ1n) is 7.06. The molecule has 23 heavy (non-hydrogen) atoms. The zero-order valence-electron chi connectivity index (χ0n) is 12.3. The molecule has 1 aromatic heterocycles. The molecule has 0 radical (unpaired) electrons. The summed E-state index contributed by atoms with van der Waals surface area (Å²) >= 11 is 12.3. The molecule has 0 amide bonds. The number of fused-ring (bicyclic) bond motifs is 1. The normalized spacial score (nSPS) is 15.7. The van der Waals surface area contributed by atoms with Crippen molar-refractivity contribution in [2.75, 3.05) is 12.0 Å². The average Bonchev–Trinajstić information content (AvgIpc) is 2.70. The molecule has 1 aliphatic heterocycles. The Balaban J connectivity index is 1.97. The molecule has 2 aromatic rings. The van der Waals surface area contributed by atoms with E-state index < -0.39 is 0 Å². The first-order valence-corrected chi connectivity index (χ1v) is 7.82. The van der Waals surface area contributed by atoms with Crippen molar-refractivity contribution < 1.29 is 4.74 Å². The van der Waals surface area contributed by atoms with E-state index in [0.29, 0.717) is 34.5 Å². The first kappa shape index (κ1) is 15.8. The van der Waals surface area contributed by atoms with E-state index in [0.717, 1.165) is 17.7 Å². The highest BCUT2D eigenvalue weighted by atomic mass is 35.5. The molecule has 1 aliphatic rings. The standard InChI is InChI=1S/C15H14Cl2N4O2/c1-8-7-12(22)19-15(18-8)21-20-11-3-2-6-23-14-9(11)4-5-10(16)13(14)17/h4-5,7H,2-3,6H2,1H3,(H2,18,19,21,22)/b20-11+. The van der Waals surface area contributed by atoms with Gasteiger partial charge in [0.2, 0.25) is 5.95 Å². The van der Waals surface area contributed by atoms with Gasteiger partial charge in [0.25, 0.3) is 5.56 Å². The molecule has 0 spiro atoms. The van der Waals surface area contributed by atoms with E-state index in [-0.39, 0.29) is 11.5 Å². The second-order valence-electron chi connectivity index (χ2n) is 5.10. The number of aryl methyl sites for hydroxylation is 1. The topological polar surface area (TPSA) is 79.4 Å². The number of benzene rings is 1. The Morgan fingerprint density at radius 2 is 2.22 bits per heavy atom. The minimum atomic E-state index is -0.236. The predicted octanol–water partition coefficient (Wildman–Crippen LogP) is 3.37. The molecule has 3 rings (SSSR count). The van der Waals surface area contributed by atoms with Crippen molar-refractivity contribution in [2.24, 2.45) is 5.10 Å². The maximum atomic E-state index is 11.5. The average molecular weight is 353 g/mol. The first-order chi connectivity index (χ1) is 11.0. The van der Waals surface area contributed by atoms with E-state index in [9.17, 15) is 4.79 Å². The maximum Gasteiger partial charge on any atom is 0.252 e. The minimum Gasteiger partial charge on any atom is -0.491 e. The lowest BCUT2D eigenvalue weighted by atomic mass is 10.1. The van der Waals surface area contributed by atoms with E-state index in [2.05, 4.69) is 20.5 Å². The van der Waals surface area contributed by atoms with Crippen molar-refractivity contribution in [1.29, 1.82) is 0 Å². The van der Waals surface area contributed by atoms with Crippen molar-refractivity contribution >= 4 is 34.9 Å². The lowest BCUT2D eigenvalue weighted by molar-refractivity contribution is 0.318. The number of nitrogens with zero attached hydrogens (tertiary/aromatic N) is 2. The van der Waals surface area contributed by atoms with Crippen molar-refractivity contribution in [3.63, 3.8) is 0 Å². The summed E-state index contributed by atoms with van der Waals surface area (Å²) in [4.78, 5) is 18.2. The highest BCUT2D eigenvalue weighted by Crippen LogP contribution is 2.37. The summed E-state index contributed by atoms with van der Waals surface area (Å²) in [6.45, 7) is 2.27. The van der Waals surface area contributed by atoms with Gasteiger partial charge in [-0.2, -0.15) is 5.10 Å². The van der Waals surface area contributed by atoms with Crippen LogP contribution in [0.5, 0.6) is 5.75 Å². The van der Waals surface area contributed by atoms with E-state index in [1.807, 2.05) is 6.07 Å². The van der Waals surface area contributed by atoms with Gasteiger partial charge in [-0.25, -0.2) is 10.4 Å². The summed E-state index contributed by atoms with van der Waals surface area (Å²) in [7, 11) is 0. The number of H-pyrrole nitrogens is 1. The van der Waals surface area contributed by atoms with E-state index >= 15 is 0 Å². The van der Waals surface area contributed by atoms with Gasteiger partial charge < -0.3 is 4.74 Å². The molecule has 0 fully saturated rings. The van der Waals surface area contributed by atoms with Gasteiger partial charge in [0.15, 0.2) is 0 Å².